The topological polar surface area (TPSA) is 59.9 Å². The number of carbonyl (C=O) groups is 1. The number of thioether (sulfide) groups is 1. The minimum atomic E-state index is -0.177. The molecule has 0 unspecified atom stereocenters. The molecule has 1 amide bonds. The number of aryl methyl sites for hydroxylation is 1. The molecule has 1 aliphatic heterocycles. The molecule has 3 aromatic rings. The van der Waals surface area contributed by atoms with Gasteiger partial charge in [0.1, 0.15) is 6.61 Å². The zero-order valence-electron chi connectivity index (χ0n) is 20.2. The fourth-order valence-corrected chi connectivity index (χ4v) is 4.79. The van der Waals surface area contributed by atoms with Crippen LogP contribution in [0.15, 0.2) is 87.7 Å². The summed E-state index contributed by atoms with van der Waals surface area (Å²) >= 11 is 4.77. The van der Waals surface area contributed by atoms with Crippen LogP contribution in [0.5, 0.6) is 11.5 Å². The second kappa shape index (κ2) is 12.1. The number of hydrogen-bond acceptors (Lipinski definition) is 5. The molecular formula is C29H27BrN2O3S. The van der Waals surface area contributed by atoms with Gasteiger partial charge in [-0.05, 0) is 83.8 Å². The van der Waals surface area contributed by atoms with E-state index in [0.29, 0.717) is 34.6 Å². The van der Waals surface area contributed by atoms with E-state index in [1.807, 2.05) is 72.8 Å². The van der Waals surface area contributed by atoms with Crippen LogP contribution in [-0.4, -0.2) is 18.2 Å². The highest BCUT2D eigenvalue weighted by Gasteiger charge is 2.24. The molecule has 0 bridgehead atoms. The van der Waals surface area contributed by atoms with Crippen molar-refractivity contribution in [2.75, 3.05) is 7.11 Å². The maximum absolute atomic E-state index is 12.6. The fourth-order valence-electron chi connectivity index (χ4n) is 3.68. The Hall–Kier alpha value is -3.29. The third kappa shape index (κ3) is 6.47. The van der Waals surface area contributed by atoms with Crippen LogP contribution in [0.3, 0.4) is 0 Å². The molecule has 1 saturated heterocycles. The number of nitrogens with one attached hydrogen (secondary N) is 1. The number of carbonyl (C=O) groups excluding carboxylic acids is 1. The van der Waals surface area contributed by atoms with Crippen molar-refractivity contribution in [1.29, 1.82) is 0 Å². The Morgan fingerprint density at radius 2 is 1.81 bits per heavy atom. The van der Waals surface area contributed by atoms with Crippen LogP contribution >= 0.6 is 27.7 Å². The molecule has 7 heteroatoms. The summed E-state index contributed by atoms with van der Waals surface area (Å²) in [6.07, 6.45) is 5.24. The third-order valence-corrected chi connectivity index (χ3v) is 7.00. The van der Waals surface area contributed by atoms with Crippen molar-refractivity contribution in [3.63, 3.8) is 0 Å². The molecule has 0 aliphatic carbocycles. The predicted octanol–water partition coefficient (Wildman–Crippen LogP) is 7.22. The minimum absolute atomic E-state index is 0.177. The second-order valence-electron chi connectivity index (χ2n) is 8.12. The smallest absolute Gasteiger partial charge is 0.264 e. The molecule has 1 fully saturated rings. The van der Waals surface area contributed by atoms with E-state index in [9.17, 15) is 4.79 Å². The summed E-state index contributed by atoms with van der Waals surface area (Å²) in [7, 11) is 1.61. The van der Waals surface area contributed by atoms with Gasteiger partial charge >= 0.3 is 0 Å². The van der Waals surface area contributed by atoms with Gasteiger partial charge in [0.2, 0.25) is 0 Å². The largest absolute Gasteiger partial charge is 0.493 e. The summed E-state index contributed by atoms with van der Waals surface area (Å²) in [6, 6.07) is 19.9. The summed E-state index contributed by atoms with van der Waals surface area (Å²) in [5.74, 6) is 1.10. The number of benzene rings is 3. The lowest BCUT2D eigenvalue weighted by Crippen LogP contribution is -2.19. The quantitative estimate of drug-likeness (QED) is 0.221. The van der Waals surface area contributed by atoms with Crippen molar-refractivity contribution in [2.24, 2.45) is 4.99 Å². The fraction of sp³-hybridized carbons (Fsp3) is 0.172. The van der Waals surface area contributed by atoms with Crippen molar-refractivity contribution in [3.8, 4) is 11.5 Å². The highest BCUT2D eigenvalue weighted by Crippen LogP contribution is 2.36. The normalized spacial score (nSPS) is 15.2. The van der Waals surface area contributed by atoms with E-state index in [2.05, 4.69) is 39.7 Å². The molecule has 3 aromatic carbocycles. The average Bonchev–Trinajstić information content (AvgIpc) is 3.22. The minimum Gasteiger partial charge on any atom is -0.493 e. The van der Waals surface area contributed by atoms with E-state index in [-0.39, 0.29) is 5.91 Å². The molecule has 0 spiro atoms. The molecule has 0 saturated carbocycles. The highest BCUT2D eigenvalue weighted by molar-refractivity contribution is 9.10. The Morgan fingerprint density at radius 3 is 2.47 bits per heavy atom. The SMILES string of the molecule is C=CCc1cc(/C=C2\SC(=Nc3ccc(CC)cc3)NC2=O)cc(OC)c1OCc1ccc(Br)cc1. The molecule has 36 heavy (non-hydrogen) atoms. The van der Waals surface area contributed by atoms with Gasteiger partial charge in [-0.25, -0.2) is 4.99 Å². The summed E-state index contributed by atoms with van der Waals surface area (Å²) in [5, 5.41) is 3.41. The zero-order valence-corrected chi connectivity index (χ0v) is 22.6. The summed E-state index contributed by atoms with van der Waals surface area (Å²) < 4.78 is 12.9. The first-order valence-electron chi connectivity index (χ1n) is 11.6. The molecule has 1 heterocycles. The van der Waals surface area contributed by atoms with E-state index >= 15 is 0 Å². The molecule has 5 nitrogen and oxygen atoms in total. The first-order valence-corrected chi connectivity index (χ1v) is 13.2. The van der Waals surface area contributed by atoms with E-state index < -0.39 is 0 Å². The summed E-state index contributed by atoms with van der Waals surface area (Å²) in [6.45, 7) is 6.41. The molecule has 0 aromatic heterocycles. The number of rotatable bonds is 9. The monoisotopic (exact) mass is 562 g/mol. The van der Waals surface area contributed by atoms with E-state index in [1.54, 1.807) is 7.11 Å². The van der Waals surface area contributed by atoms with Gasteiger partial charge in [0.15, 0.2) is 16.7 Å². The number of amides is 1. The van der Waals surface area contributed by atoms with Gasteiger partial charge in [0.25, 0.3) is 5.91 Å². The zero-order chi connectivity index (χ0) is 25.5. The average molecular weight is 564 g/mol. The van der Waals surface area contributed by atoms with Gasteiger partial charge in [-0.15, -0.1) is 6.58 Å². The van der Waals surface area contributed by atoms with Gasteiger partial charge in [-0.1, -0.05) is 53.2 Å². The Kier molecular flexibility index (Phi) is 8.67. The van der Waals surface area contributed by atoms with Gasteiger partial charge in [-0.3, -0.25) is 4.79 Å². The summed E-state index contributed by atoms with van der Waals surface area (Å²) in [4.78, 5) is 17.8. The molecule has 0 atom stereocenters. The van der Waals surface area contributed by atoms with Crippen LogP contribution in [-0.2, 0) is 24.2 Å². The number of allylic oxidation sites excluding steroid dienone is 1. The Balaban J connectivity index is 1.57. The van der Waals surface area contributed by atoms with E-state index in [1.165, 1.54) is 17.3 Å². The lowest BCUT2D eigenvalue weighted by atomic mass is 10.0. The molecule has 184 valence electrons. The van der Waals surface area contributed by atoms with E-state index in [4.69, 9.17) is 9.47 Å². The van der Waals surface area contributed by atoms with Gasteiger partial charge in [0, 0.05) is 10.0 Å². The van der Waals surface area contributed by atoms with Crippen molar-refractivity contribution in [1.82, 2.24) is 5.32 Å². The number of hydrogen-bond donors (Lipinski definition) is 1. The van der Waals surface area contributed by atoms with Crippen LogP contribution < -0.4 is 14.8 Å². The Labute approximate surface area is 224 Å². The first kappa shape index (κ1) is 25.8. The Bertz CT molecular complexity index is 1320. The number of amidine groups is 1. The predicted molar refractivity (Wildman–Crippen MR) is 152 cm³/mol. The molecule has 1 N–H and O–H groups in total. The van der Waals surface area contributed by atoms with Crippen LogP contribution in [0.4, 0.5) is 5.69 Å². The van der Waals surface area contributed by atoms with Gasteiger partial charge in [-0.2, -0.15) is 0 Å². The van der Waals surface area contributed by atoms with Gasteiger partial charge in [0.05, 0.1) is 17.7 Å². The van der Waals surface area contributed by atoms with Gasteiger partial charge < -0.3 is 14.8 Å². The van der Waals surface area contributed by atoms with Crippen LogP contribution in [0.25, 0.3) is 6.08 Å². The van der Waals surface area contributed by atoms with Crippen LogP contribution in [0, 0.1) is 0 Å². The lowest BCUT2D eigenvalue weighted by molar-refractivity contribution is -0.115. The molecule has 1 aliphatic rings. The van der Waals surface area contributed by atoms with Crippen molar-refractivity contribution in [2.45, 2.75) is 26.4 Å². The van der Waals surface area contributed by atoms with Crippen molar-refractivity contribution < 1.29 is 14.3 Å². The van der Waals surface area contributed by atoms with Crippen molar-refractivity contribution in [3.05, 3.63) is 105 Å². The number of methoxy groups -OCH3 is 1. The summed E-state index contributed by atoms with van der Waals surface area (Å²) in [5.41, 5.74) is 4.87. The molecule has 4 rings (SSSR count). The first-order chi connectivity index (χ1) is 17.5. The number of nitrogens with zero attached hydrogens (tertiary/aromatic N) is 1. The standard InChI is InChI=1S/C29H27BrN2O3S/c1-4-6-22-15-21(16-25(34-3)27(22)35-18-20-7-11-23(30)12-8-20)17-26-28(33)32-29(36-26)31-24-13-9-19(5-2)10-14-24/h4,7-17H,1,5-6,18H2,2-3H3,(H,31,32,33)/b26-17-. The van der Waals surface area contributed by atoms with Crippen LogP contribution in [0.1, 0.15) is 29.2 Å². The van der Waals surface area contributed by atoms with Crippen LogP contribution in [0.2, 0.25) is 0 Å². The highest BCUT2D eigenvalue weighted by atomic mass is 79.9. The molecule has 0 radical (unpaired) electrons. The number of ether oxygens (including phenoxy) is 2. The second-order valence-corrected chi connectivity index (χ2v) is 10.1. The maximum Gasteiger partial charge on any atom is 0.264 e. The third-order valence-electron chi connectivity index (χ3n) is 5.56. The van der Waals surface area contributed by atoms with E-state index in [0.717, 1.165) is 33.3 Å². The molecular weight excluding hydrogens is 536 g/mol. The maximum atomic E-state index is 12.6. The number of aliphatic imine (C=N–C) groups is 1. The van der Waals surface area contributed by atoms with Crippen molar-refractivity contribution >= 4 is 50.5 Å². The lowest BCUT2D eigenvalue weighted by Gasteiger charge is -2.16. The number of halogens is 1. The Morgan fingerprint density at radius 1 is 1.08 bits per heavy atom.